The average Bonchev–Trinajstić information content (AvgIpc) is 2.63. The molecular weight excluding hydrogens is 339 g/mol. The fourth-order valence-corrected chi connectivity index (χ4v) is 2.41. The van der Waals surface area contributed by atoms with Gasteiger partial charge in [-0.25, -0.2) is 4.39 Å². The number of carbonyl (C=O) groups is 1. The molecule has 0 aromatic heterocycles. The Hall–Kier alpha value is -2.85. The van der Waals surface area contributed by atoms with Gasteiger partial charge in [-0.05, 0) is 66.2 Å². The lowest BCUT2D eigenvalue weighted by Gasteiger charge is -2.09. The van der Waals surface area contributed by atoms with Gasteiger partial charge in [0, 0.05) is 28.5 Å². The molecular formula is C20H16ClFN2O. The standard InChI is InChI=1S/C20H16ClFN2O/c21-16-5-3-15(4-6-16)20(25)24-19-11-9-18(10-12-19)23-13-14-1-7-17(22)8-2-14/h1-12,23H,13H2,(H,24,25). The van der Waals surface area contributed by atoms with Crippen molar-refractivity contribution in [1.82, 2.24) is 0 Å². The summed E-state index contributed by atoms with van der Waals surface area (Å²) in [4.78, 5) is 12.1. The Morgan fingerprint density at radius 1 is 0.840 bits per heavy atom. The van der Waals surface area contributed by atoms with E-state index in [1.165, 1.54) is 12.1 Å². The van der Waals surface area contributed by atoms with E-state index in [2.05, 4.69) is 10.6 Å². The van der Waals surface area contributed by atoms with Crippen LogP contribution in [0.4, 0.5) is 15.8 Å². The first-order valence-electron chi connectivity index (χ1n) is 7.75. The van der Waals surface area contributed by atoms with Crippen molar-refractivity contribution in [2.45, 2.75) is 6.54 Å². The molecule has 0 aliphatic rings. The fraction of sp³-hybridized carbons (Fsp3) is 0.0500. The van der Waals surface area contributed by atoms with E-state index >= 15 is 0 Å². The SMILES string of the molecule is O=C(Nc1ccc(NCc2ccc(F)cc2)cc1)c1ccc(Cl)cc1. The van der Waals surface area contributed by atoms with Crippen LogP contribution in [-0.2, 0) is 6.54 Å². The first-order chi connectivity index (χ1) is 12.1. The van der Waals surface area contributed by atoms with Crippen LogP contribution in [0, 0.1) is 5.82 Å². The lowest BCUT2D eigenvalue weighted by Crippen LogP contribution is -2.11. The van der Waals surface area contributed by atoms with Crippen LogP contribution in [0.1, 0.15) is 15.9 Å². The number of amides is 1. The molecule has 0 radical (unpaired) electrons. The summed E-state index contributed by atoms with van der Waals surface area (Å²) >= 11 is 5.82. The molecule has 25 heavy (non-hydrogen) atoms. The van der Waals surface area contributed by atoms with Gasteiger partial charge in [-0.15, -0.1) is 0 Å². The molecule has 0 saturated carbocycles. The predicted octanol–water partition coefficient (Wildman–Crippen LogP) is 5.34. The summed E-state index contributed by atoms with van der Waals surface area (Å²) in [5.41, 5.74) is 3.14. The second-order valence-electron chi connectivity index (χ2n) is 5.52. The monoisotopic (exact) mass is 354 g/mol. The molecule has 0 saturated heterocycles. The van der Waals surface area contributed by atoms with E-state index in [9.17, 15) is 9.18 Å². The van der Waals surface area contributed by atoms with Crippen molar-refractivity contribution in [2.24, 2.45) is 0 Å². The highest BCUT2D eigenvalue weighted by molar-refractivity contribution is 6.30. The molecule has 1 amide bonds. The van der Waals surface area contributed by atoms with Crippen molar-refractivity contribution in [3.8, 4) is 0 Å². The van der Waals surface area contributed by atoms with Crippen molar-refractivity contribution < 1.29 is 9.18 Å². The lowest BCUT2D eigenvalue weighted by atomic mass is 10.2. The summed E-state index contributed by atoms with van der Waals surface area (Å²) in [5.74, 6) is -0.437. The summed E-state index contributed by atoms with van der Waals surface area (Å²) in [5, 5.41) is 6.67. The highest BCUT2D eigenvalue weighted by Gasteiger charge is 2.05. The zero-order valence-electron chi connectivity index (χ0n) is 13.3. The van der Waals surface area contributed by atoms with E-state index in [1.54, 1.807) is 36.4 Å². The third kappa shape index (κ3) is 4.81. The summed E-state index contributed by atoms with van der Waals surface area (Å²) in [6, 6.07) is 20.5. The average molecular weight is 355 g/mol. The quantitative estimate of drug-likeness (QED) is 0.649. The predicted molar refractivity (Wildman–Crippen MR) is 99.6 cm³/mol. The van der Waals surface area contributed by atoms with Crippen LogP contribution in [0.25, 0.3) is 0 Å². The molecule has 0 heterocycles. The second kappa shape index (κ2) is 7.81. The van der Waals surface area contributed by atoms with Crippen molar-refractivity contribution in [1.29, 1.82) is 0 Å². The molecule has 0 spiro atoms. The van der Waals surface area contributed by atoms with Gasteiger partial charge in [-0.3, -0.25) is 4.79 Å². The van der Waals surface area contributed by atoms with Crippen molar-refractivity contribution in [2.75, 3.05) is 10.6 Å². The maximum atomic E-state index is 12.9. The van der Waals surface area contributed by atoms with Gasteiger partial charge in [0.25, 0.3) is 5.91 Å². The molecule has 0 aliphatic carbocycles. The van der Waals surface area contributed by atoms with Gasteiger partial charge in [0.05, 0.1) is 0 Å². The number of hydrogen-bond donors (Lipinski definition) is 2. The molecule has 2 N–H and O–H groups in total. The lowest BCUT2D eigenvalue weighted by molar-refractivity contribution is 0.102. The first-order valence-corrected chi connectivity index (χ1v) is 8.13. The summed E-state index contributed by atoms with van der Waals surface area (Å²) < 4.78 is 12.9. The minimum absolute atomic E-state index is 0.191. The normalized spacial score (nSPS) is 10.3. The molecule has 5 heteroatoms. The van der Waals surface area contributed by atoms with Gasteiger partial charge < -0.3 is 10.6 Å². The highest BCUT2D eigenvalue weighted by Crippen LogP contribution is 2.16. The minimum atomic E-state index is -0.246. The summed E-state index contributed by atoms with van der Waals surface area (Å²) in [6.45, 7) is 0.594. The molecule has 0 unspecified atom stereocenters. The number of benzene rings is 3. The Balaban J connectivity index is 1.57. The number of rotatable bonds is 5. The summed E-state index contributed by atoms with van der Waals surface area (Å²) in [7, 11) is 0. The van der Waals surface area contributed by atoms with E-state index in [-0.39, 0.29) is 11.7 Å². The molecule has 0 bridgehead atoms. The third-order valence-corrected chi connectivity index (χ3v) is 3.91. The number of carbonyl (C=O) groups excluding carboxylic acids is 1. The van der Waals surface area contributed by atoms with E-state index in [4.69, 9.17) is 11.6 Å². The van der Waals surface area contributed by atoms with Crippen LogP contribution in [0.5, 0.6) is 0 Å². The Kier molecular flexibility index (Phi) is 5.31. The Bertz CT molecular complexity index is 846. The number of anilines is 2. The van der Waals surface area contributed by atoms with E-state index in [0.717, 1.165) is 11.3 Å². The van der Waals surface area contributed by atoms with Gasteiger partial charge in [0.1, 0.15) is 5.82 Å². The van der Waals surface area contributed by atoms with Crippen LogP contribution < -0.4 is 10.6 Å². The van der Waals surface area contributed by atoms with Crippen molar-refractivity contribution in [3.63, 3.8) is 0 Å². The molecule has 3 nitrogen and oxygen atoms in total. The third-order valence-electron chi connectivity index (χ3n) is 3.66. The van der Waals surface area contributed by atoms with E-state index in [0.29, 0.717) is 22.8 Å². The highest BCUT2D eigenvalue weighted by atomic mass is 35.5. The van der Waals surface area contributed by atoms with Crippen molar-refractivity contribution in [3.05, 3.63) is 94.8 Å². The number of halogens is 2. The smallest absolute Gasteiger partial charge is 0.255 e. The largest absolute Gasteiger partial charge is 0.381 e. The van der Waals surface area contributed by atoms with Gasteiger partial charge in [-0.1, -0.05) is 23.7 Å². The zero-order valence-corrected chi connectivity index (χ0v) is 14.1. The molecule has 0 atom stereocenters. The van der Waals surface area contributed by atoms with Gasteiger partial charge in [-0.2, -0.15) is 0 Å². The molecule has 0 fully saturated rings. The molecule has 3 aromatic rings. The zero-order chi connectivity index (χ0) is 17.6. The van der Waals surface area contributed by atoms with Gasteiger partial charge in [0.15, 0.2) is 0 Å². The van der Waals surface area contributed by atoms with E-state index in [1.807, 2.05) is 24.3 Å². The Morgan fingerprint density at radius 2 is 1.44 bits per heavy atom. The van der Waals surface area contributed by atoms with Crippen LogP contribution in [0.15, 0.2) is 72.8 Å². The maximum Gasteiger partial charge on any atom is 0.255 e. The van der Waals surface area contributed by atoms with Gasteiger partial charge >= 0.3 is 0 Å². The molecule has 3 aromatic carbocycles. The van der Waals surface area contributed by atoms with Crippen LogP contribution >= 0.6 is 11.6 Å². The minimum Gasteiger partial charge on any atom is -0.381 e. The topological polar surface area (TPSA) is 41.1 Å². The van der Waals surface area contributed by atoms with Crippen molar-refractivity contribution >= 4 is 28.9 Å². The molecule has 126 valence electrons. The van der Waals surface area contributed by atoms with Crippen LogP contribution in [0.3, 0.4) is 0 Å². The fourth-order valence-electron chi connectivity index (χ4n) is 2.28. The Morgan fingerprint density at radius 3 is 2.08 bits per heavy atom. The number of hydrogen-bond acceptors (Lipinski definition) is 2. The first kappa shape index (κ1) is 17.0. The van der Waals surface area contributed by atoms with Crippen LogP contribution in [0.2, 0.25) is 5.02 Å². The molecule has 3 rings (SSSR count). The Labute approximate surface area is 150 Å². The number of nitrogens with one attached hydrogen (secondary N) is 2. The molecule has 0 aliphatic heterocycles. The second-order valence-corrected chi connectivity index (χ2v) is 5.95. The maximum absolute atomic E-state index is 12.9. The summed E-state index contributed by atoms with van der Waals surface area (Å²) in [6.07, 6.45) is 0. The van der Waals surface area contributed by atoms with Crippen LogP contribution in [-0.4, -0.2) is 5.91 Å². The van der Waals surface area contributed by atoms with E-state index < -0.39 is 0 Å². The van der Waals surface area contributed by atoms with Gasteiger partial charge in [0.2, 0.25) is 0 Å².